The minimum Gasteiger partial charge on any atom is -0.456 e. The number of benzene rings is 5. The van der Waals surface area contributed by atoms with Crippen LogP contribution in [0, 0.1) is 0 Å². The number of ether oxygens (including phenoxy) is 1. The largest absolute Gasteiger partial charge is 0.456 e. The van der Waals surface area contributed by atoms with E-state index in [0.717, 1.165) is 55.8 Å². The van der Waals surface area contributed by atoms with Gasteiger partial charge in [-0.2, -0.15) is 0 Å². The summed E-state index contributed by atoms with van der Waals surface area (Å²) >= 11 is 0. The minimum absolute atomic E-state index is 0.527. The van der Waals surface area contributed by atoms with Gasteiger partial charge in [-0.1, -0.05) is 103 Å². The van der Waals surface area contributed by atoms with Gasteiger partial charge in [-0.3, -0.25) is 0 Å². The number of fused-ring (bicyclic) bond motifs is 2. The second-order valence-electron chi connectivity index (χ2n) is 9.88. The van der Waals surface area contributed by atoms with E-state index in [-0.39, 0.29) is 0 Å². The number of hydrogen-bond acceptors (Lipinski definition) is 5. The third kappa shape index (κ3) is 4.03. The van der Waals surface area contributed by atoms with Gasteiger partial charge in [-0.25, -0.2) is 19.9 Å². The number of rotatable bonds is 4. The molecule has 41 heavy (non-hydrogen) atoms. The summed E-state index contributed by atoms with van der Waals surface area (Å²) < 4.78 is 6.30. The second kappa shape index (κ2) is 9.50. The van der Waals surface area contributed by atoms with Crippen molar-refractivity contribution < 1.29 is 4.74 Å². The van der Waals surface area contributed by atoms with Crippen LogP contribution >= 0.6 is 0 Å². The Morgan fingerprint density at radius 1 is 0.366 bits per heavy atom. The van der Waals surface area contributed by atoms with Gasteiger partial charge in [0.25, 0.3) is 0 Å². The Morgan fingerprint density at radius 3 is 1.73 bits per heavy atom. The first kappa shape index (κ1) is 23.2. The van der Waals surface area contributed by atoms with Crippen molar-refractivity contribution in [2.75, 3.05) is 0 Å². The van der Waals surface area contributed by atoms with Crippen LogP contribution in [0.15, 0.2) is 133 Å². The van der Waals surface area contributed by atoms with E-state index in [1.54, 1.807) is 0 Å². The predicted molar refractivity (Wildman–Crippen MR) is 162 cm³/mol. The van der Waals surface area contributed by atoms with Gasteiger partial charge >= 0.3 is 0 Å². The molecule has 0 N–H and O–H groups in total. The zero-order chi connectivity index (χ0) is 27.2. The molecule has 0 fully saturated rings. The fourth-order valence-corrected chi connectivity index (χ4v) is 5.44. The first-order valence-electron chi connectivity index (χ1n) is 13.5. The molecule has 192 valence electrons. The van der Waals surface area contributed by atoms with Crippen LogP contribution in [0.25, 0.3) is 67.5 Å². The number of pyridine rings is 1. The maximum atomic E-state index is 6.30. The second-order valence-corrected chi connectivity index (χ2v) is 9.88. The highest BCUT2D eigenvalue weighted by molar-refractivity contribution is 6.09. The van der Waals surface area contributed by atoms with Crippen LogP contribution in [-0.2, 0) is 0 Å². The van der Waals surface area contributed by atoms with E-state index in [9.17, 15) is 0 Å². The molecule has 1 aliphatic rings. The molecule has 0 spiro atoms. The molecule has 2 aromatic heterocycles. The van der Waals surface area contributed by atoms with Crippen LogP contribution in [0.5, 0.6) is 11.5 Å². The molecule has 0 saturated heterocycles. The molecule has 0 unspecified atom stereocenters. The lowest BCUT2D eigenvalue weighted by molar-refractivity contribution is 0.487. The van der Waals surface area contributed by atoms with Gasteiger partial charge < -0.3 is 4.74 Å². The summed E-state index contributed by atoms with van der Waals surface area (Å²) in [5.74, 6) is 3.47. The van der Waals surface area contributed by atoms with Crippen molar-refractivity contribution in [2.45, 2.75) is 0 Å². The third-order valence-corrected chi connectivity index (χ3v) is 7.35. The van der Waals surface area contributed by atoms with Crippen LogP contribution in [0.4, 0.5) is 0 Å². The molecule has 0 radical (unpaired) electrons. The summed E-state index contributed by atoms with van der Waals surface area (Å²) in [6.07, 6.45) is 0. The van der Waals surface area contributed by atoms with Crippen LogP contribution in [0.3, 0.4) is 0 Å². The van der Waals surface area contributed by atoms with E-state index < -0.39 is 0 Å². The van der Waals surface area contributed by atoms with Crippen molar-refractivity contribution in [1.82, 2.24) is 19.9 Å². The highest BCUT2D eigenvalue weighted by Crippen LogP contribution is 2.48. The molecule has 5 nitrogen and oxygen atoms in total. The molecule has 7 aromatic rings. The van der Waals surface area contributed by atoms with Crippen molar-refractivity contribution in [3.05, 3.63) is 133 Å². The van der Waals surface area contributed by atoms with E-state index in [1.807, 2.05) is 103 Å². The summed E-state index contributed by atoms with van der Waals surface area (Å²) in [7, 11) is 0. The molecular formula is C36H22N4O. The SMILES string of the molecule is c1ccc(-c2nc(-c3ccccc3)nc(-c3cccc(-c4ccc5c6c(cccc46)-c4ccccc4O5)n3)n2)cc1. The summed E-state index contributed by atoms with van der Waals surface area (Å²) in [6.45, 7) is 0. The topological polar surface area (TPSA) is 60.8 Å². The molecule has 0 bridgehead atoms. The van der Waals surface area contributed by atoms with Gasteiger partial charge in [0.1, 0.15) is 17.2 Å². The molecule has 0 atom stereocenters. The van der Waals surface area contributed by atoms with E-state index in [4.69, 9.17) is 24.7 Å². The van der Waals surface area contributed by atoms with Crippen molar-refractivity contribution in [2.24, 2.45) is 0 Å². The smallest absolute Gasteiger partial charge is 0.182 e. The van der Waals surface area contributed by atoms with E-state index in [2.05, 4.69) is 30.3 Å². The van der Waals surface area contributed by atoms with Gasteiger partial charge in [0.15, 0.2) is 17.5 Å². The monoisotopic (exact) mass is 526 g/mol. The highest BCUT2D eigenvalue weighted by Gasteiger charge is 2.22. The summed E-state index contributed by atoms with van der Waals surface area (Å²) in [5, 5.41) is 2.18. The van der Waals surface area contributed by atoms with Crippen molar-refractivity contribution in [1.29, 1.82) is 0 Å². The Labute approximate surface area is 236 Å². The minimum atomic E-state index is 0.527. The lowest BCUT2D eigenvalue weighted by Gasteiger charge is -2.22. The molecule has 5 heteroatoms. The van der Waals surface area contributed by atoms with Gasteiger partial charge in [-0.05, 0) is 41.3 Å². The standard InChI is InChI=1S/C36H22N4O/c1-3-11-23(12-4-1)34-38-35(24-13-5-2-6-14-24)40-36(39-34)30-19-10-18-29(37-30)25-21-22-32-33-27(25)16-9-17-28(33)26-15-7-8-20-31(26)41-32/h1-22H. The number of aromatic nitrogens is 4. The molecule has 1 aliphatic heterocycles. The van der Waals surface area contributed by atoms with Crippen LogP contribution in [-0.4, -0.2) is 19.9 Å². The molecule has 0 saturated carbocycles. The van der Waals surface area contributed by atoms with Crippen molar-refractivity contribution in [3.63, 3.8) is 0 Å². The lowest BCUT2D eigenvalue weighted by atomic mass is 9.91. The first-order chi connectivity index (χ1) is 20.3. The van der Waals surface area contributed by atoms with Crippen LogP contribution in [0.2, 0.25) is 0 Å². The Hall–Kier alpha value is -5.68. The Kier molecular flexibility index (Phi) is 5.38. The maximum absolute atomic E-state index is 6.30. The summed E-state index contributed by atoms with van der Waals surface area (Å²) in [6, 6.07) is 44.6. The molecule has 3 heterocycles. The fourth-order valence-electron chi connectivity index (χ4n) is 5.44. The lowest BCUT2D eigenvalue weighted by Crippen LogP contribution is -2.02. The van der Waals surface area contributed by atoms with Gasteiger partial charge in [0.05, 0.1) is 5.69 Å². The van der Waals surface area contributed by atoms with E-state index >= 15 is 0 Å². The number of hydrogen-bond donors (Lipinski definition) is 0. The van der Waals surface area contributed by atoms with Gasteiger partial charge in [0, 0.05) is 27.6 Å². The van der Waals surface area contributed by atoms with E-state index in [1.165, 1.54) is 0 Å². The Balaban J connectivity index is 1.29. The van der Waals surface area contributed by atoms with E-state index in [0.29, 0.717) is 23.2 Å². The van der Waals surface area contributed by atoms with Crippen molar-refractivity contribution >= 4 is 10.8 Å². The first-order valence-corrected chi connectivity index (χ1v) is 13.5. The Bertz CT molecular complexity index is 2020. The fraction of sp³-hybridized carbons (Fsp3) is 0. The molecule has 0 amide bonds. The van der Waals surface area contributed by atoms with Gasteiger partial charge in [0.2, 0.25) is 0 Å². The normalized spacial score (nSPS) is 11.6. The van der Waals surface area contributed by atoms with Crippen LogP contribution < -0.4 is 4.74 Å². The average molecular weight is 527 g/mol. The number of nitrogens with zero attached hydrogens (tertiary/aromatic N) is 4. The van der Waals surface area contributed by atoms with Crippen molar-refractivity contribution in [3.8, 4) is 68.2 Å². The highest BCUT2D eigenvalue weighted by atomic mass is 16.5. The third-order valence-electron chi connectivity index (χ3n) is 7.35. The van der Waals surface area contributed by atoms with Crippen LogP contribution in [0.1, 0.15) is 0 Å². The maximum Gasteiger partial charge on any atom is 0.182 e. The molecule has 0 aliphatic carbocycles. The quantitative estimate of drug-likeness (QED) is 0.229. The number of para-hydroxylation sites is 1. The molecular weight excluding hydrogens is 504 g/mol. The average Bonchev–Trinajstić information content (AvgIpc) is 3.06. The summed E-state index contributed by atoms with van der Waals surface area (Å²) in [5.41, 5.74) is 6.65. The van der Waals surface area contributed by atoms with Gasteiger partial charge in [-0.15, -0.1) is 0 Å². The molecule has 5 aromatic carbocycles. The Morgan fingerprint density at radius 2 is 0.976 bits per heavy atom. The molecule has 8 rings (SSSR count). The predicted octanol–water partition coefficient (Wildman–Crippen LogP) is 8.86. The zero-order valence-corrected chi connectivity index (χ0v) is 21.9. The zero-order valence-electron chi connectivity index (χ0n) is 21.9. The summed E-state index contributed by atoms with van der Waals surface area (Å²) in [4.78, 5) is 19.6.